The molecule has 2 amide bonds. The number of ketones is 1. The SMILES string of the molecule is O=CN1CCc2cc(C(=O)CCNC(=O)/C=C/c3ccccc3)ccc21. The summed E-state index contributed by atoms with van der Waals surface area (Å²) >= 11 is 0. The van der Waals surface area contributed by atoms with Crippen molar-refractivity contribution in [2.24, 2.45) is 0 Å². The fraction of sp³-hybridized carbons (Fsp3) is 0.190. The molecular weight excluding hydrogens is 328 g/mol. The van der Waals surface area contributed by atoms with Crippen LogP contribution in [-0.2, 0) is 16.0 Å². The molecule has 2 aromatic rings. The predicted octanol–water partition coefficient (Wildman–Crippen LogP) is 2.61. The highest BCUT2D eigenvalue weighted by Crippen LogP contribution is 2.27. The molecule has 0 unspecified atom stereocenters. The van der Waals surface area contributed by atoms with Crippen molar-refractivity contribution in [2.75, 3.05) is 18.0 Å². The predicted molar refractivity (Wildman–Crippen MR) is 101 cm³/mol. The fourth-order valence-electron chi connectivity index (χ4n) is 2.95. The second-order valence-electron chi connectivity index (χ2n) is 6.10. The molecule has 0 saturated carbocycles. The number of hydrogen-bond donors (Lipinski definition) is 1. The van der Waals surface area contributed by atoms with E-state index in [2.05, 4.69) is 5.32 Å². The van der Waals surface area contributed by atoms with E-state index in [0.29, 0.717) is 12.1 Å². The number of fused-ring (bicyclic) bond motifs is 1. The first kappa shape index (κ1) is 17.6. The summed E-state index contributed by atoms with van der Waals surface area (Å²) in [6, 6.07) is 14.9. The lowest BCUT2D eigenvalue weighted by Crippen LogP contribution is -2.24. The molecule has 0 aliphatic carbocycles. The first-order valence-corrected chi connectivity index (χ1v) is 8.56. The van der Waals surface area contributed by atoms with E-state index in [1.54, 1.807) is 17.0 Å². The average molecular weight is 348 g/mol. The normalized spacial score (nSPS) is 12.8. The van der Waals surface area contributed by atoms with Crippen molar-refractivity contribution in [1.29, 1.82) is 0 Å². The summed E-state index contributed by atoms with van der Waals surface area (Å²) in [5.74, 6) is -0.248. The van der Waals surface area contributed by atoms with Crippen LogP contribution in [0, 0.1) is 0 Å². The molecule has 3 rings (SSSR count). The molecule has 1 heterocycles. The molecule has 1 aliphatic rings. The van der Waals surface area contributed by atoms with Gasteiger partial charge < -0.3 is 10.2 Å². The third-order valence-electron chi connectivity index (χ3n) is 4.34. The number of anilines is 1. The average Bonchev–Trinajstić information content (AvgIpc) is 3.09. The highest BCUT2D eigenvalue weighted by Gasteiger charge is 2.19. The molecular formula is C21H20N2O3. The number of benzene rings is 2. The van der Waals surface area contributed by atoms with E-state index in [9.17, 15) is 14.4 Å². The molecule has 0 radical (unpaired) electrons. The maximum atomic E-state index is 12.3. The van der Waals surface area contributed by atoms with Gasteiger partial charge in [0.05, 0.1) is 0 Å². The van der Waals surface area contributed by atoms with E-state index < -0.39 is 0 Å². The third kappa shape index (κ3) is 4.25. The van der Waals surface area contributed by atoms with E-state index in [4.69, 9.17) is 0 Å². The Morgan fingerprint density at radius 3 is 2.69 bits per heavy atom. The Kier molecular flexibility index (Phi) is 5.59. The Morgan fingerprint density at radius 1 is 1.12 bits per heavy atom. The van der Waals surface area contributed by atoms with Gasteiger partial charge in [-0.05, 0) is 41.8 Å². The van der Waals surface area contributed by atoms with E-state index in [1.165, 1.54) is 6.08 Å². The van der Waals surface area contributed by atoms with Crippen LogP contribution in [0.2, 0.25) is 0 Å². The number of carbonyl (C=O) groups is 3. The first-order chi connectivity index (χ1) is 12.7. The van der Waals surface area contributed by atoms with Crippen LogP contribution in [0.15, 0.2) is 54.6 Å². The molecule has 5 heteroatoms. The lowest BCUT2D eigenvalue weighted by atomic mass is 10.0. The summed E-state index contributed by atoms with van der Waals surface area (Å²) < 4.78 is 0. The zero-order valence-corrected chi connectivity index (χ0v) is 14.4. The van der Waals surface area contributed by atoms with Gasteiger partial charge in [-0.25, -0.2) is 0 Å². The van der Waals surface area contributed by atoms with Crippen LogP contribution in [0.25, 0.3) is 6.08 Å². The van der Waals surface area contributed by atoms with Crippen molar-refractivity contribution in [1.82, 2.24) is 5.32 Å². The number of nitrogens with one attached hydrogen (secondary N) is 1. The molecule has 132 valence electrons. The Morgan fingerprint density at radius 2 is 1.92 bits per heavy atom. The highest BCUT2D eigenvalue weighted by molar-refractivity contribution is 5.98. The zero-order valence-electron chi connectivity index (χ0n) is 14.4. The van der Waals surface area contributed by atoms with Gasteiger partial charge in [0.15, 0.2) is 5.78 Å². The van der Waals surface area contributed by atoms with E-state index in [-0.39, 0.29) is 24.7 Å². The summed E-state index contributed by atoms with van der Waals surface area (Å²) in [4.78, 5) is 36.7. The van der Waals surface area contributed by atoms with Crippen molar-refractivity contribution in [3.8, 4) is 0 Å². The van der Waals surface area contributed by atoms with Crippen molar-refractivity contribution < 1.29 is 14.4 Å². The quantitative estimate of drug-likeness (QED) is 0.475. The zero-order chi connectivity index (χ0) is 18.4. The lowest BCUT2D eigenvalue weighted by Gasteiger charge is -2.10. The van der Waals surface area contributed by atoms with Crippen LogP contribution in [0.3, 0.4) is 0 Å². The second-order valence-corrected chi connectivity index (χ2v) is 6.10. The topological polar surface area (TPSA) is 66.5 Å². The van der Waals surface area contributed by atoms with E-state index in [0.717, 1.165) is 29.6 Å². The summed E-state index contributed by atoms with van der Waals surface area (Å²) in [5.41, 5.74) is 3.44. The Labute approximate surface area is 152 Å². The number of hydrogen-bond acceptors (Lipinski definition) is 3. The molecule has 0 fully saturated rings. The van der Waals surface area contributed by atoms with Gasteiger partial charge in [-0.1, -0.05) is 30.3 Å². The number of nitrogens with zero attached hydrogens (tertiary/aromatic N) is 1. The highest BCUT2D eigenvalue weighted by atomic mass is 16.2. The van der Waals surface area contributed by atoms with Crippen LogP contribution in [0.4, 0.5) is 5.69 Å². The summed E-state index contributed by atoms with van der Waals surface area (Å²) in [6.07, 6.45) is 5.00. The smallest absolute Gasteiger partial charge is 0.244 e. The molecule has 1 N–H and O–H groups in total. The van der Waals surface area contributed by atoms with Gasteiger partial charge in [-0.2, -0.15) is 0 Å². The summed E-state index contributed by atoms with van der Waals surface area (Å²) in [5, 5.41) is 2.72. The number of Topliss-reactive ketones (excluding diaryl/α,β-unsaturated/α-hetero) is 1. The molecule has 0 aromatic heterocycles. The van der Waals surface area contributed by atoms with Gasteiger partial charge in [0, 0.05) is 36.8 Å². The van der Waals surface area contributed by atoms with Gasteiger partial charge in [0.1, 0.15) is 0 Å². The van der Waals surface area contributed by atoms with Crippen LogP contribution in [0.5, 0.6) is 0 Å². The monoisotopic (exact) mass is 348 g/mol. The fourth-order valence-corrected chi connectivity index (χ4v) is 2.95. The van der Waals surface area contributed by atoms with Crippen molar-refractivity contribution in [3.05, 3.63) is 71.3 Å². The minimum Gasteiger partial charge on any atom is -0.352 e. The van der Waals surface area contributed by atoms with Crippen molar-refractivity contribution in [3.63, 3.8) is 0 Å². The Hall–Kier alpha value is -3.21. The maximum absolute atomic E-state index is 12.3. The Balaban J connectivity index is 1.49. The summed E-state index contributed by atoms with van der Waals surface area (Å²) in [7, 11) is 0. The van der Waals surface area contributed by atoms with Gasteiger partial charge in [0.25, 0.3) is 0 Å². The van der Waals surface area contributed by atoms with Gasteiger partial charge in [-0.3, -0.25) is 14.4 Å². The van der Waals surface area contributed by atoms with Gasteiger partial charge in [0.2, 0.25) is 12.3 Å². The van der Waals surface area contributed by atoms with Gasteiger partial charge >= 0.3 is 0 Å². The largest absolute Gasteiger partial charge is 0.352 e. The van der Waals surface area contributed by atoms with E-state index in [1.807, 2.05) is 42.5 Å². The molecule has 1 aliphatic heterocycles. The van der Waals surface area contributed by atoms with Crippen LogP contribution in [0.1, 0.15) is 27.9 Å². The second kappa shape index (κ2) is 8.25. The molecule has 2 aromatic carbocycles. The van der Waals surface area contributed by atoms with Crippen LogP contribution < -0.4 is 10.2 Å². The molecule has 0 spiro atoms. The van der Waals surface area contributed by atoms with Crippen LogP contribution >= 0.6 is 0 Å². The molecule has 5 nitrogen and oxygen atoms in total. The third-order valence-corrected chi connectivity index (χ3v) is 4.34. The lowest BCUT2D eigenvalue weighted by molar-refractivity contribution is -0.116. The number of amides is 2. The Bertz CT molecular complexity index is 844. The number of rotatable bonds is 7. The first-order valence-electron chi connectivity index (χ1n) is 8.56. The maximum Gasteiger partial charge on any atom is 0.244 e. The van der Waals surface area contributed by atoms with E-state index >= 15 is 0 Å². The van der Waals surface area contributed by atoms with Crippen LogP contribution in [-0.4, -0.2) is 31.2 Å². The molecule has 0 bridgehead atoms. The standard InChI is InChI=1S/C21H20N2O3/c24-15-23-13-11-17-14-18(7-8-19(17)23)20(25)10-12-22-21(26)9-6-16-4-2-1-3-5-16/h1-9,14-15H,10-13H2,(H,22,26)/b9-6+. The molecule has 26 heavy (non-hydrogen) atoms. The minimum absolute atomic E-state index is 0.0234. The molecule has 0 atom stereocenters. The van der Waals surface area contributed by atoms with Crippen molar-refractivity contribution in [2.45, 2.75) is 12.8 Å². The number of carbonyl (C=O) groups excluding carboxylic acids is 3. The molecule has 0 saturated heterocycles. The van der Waals surface area contributed by atoms with Crippen molar-refractivity contribution >= 4 is 29.9 Å². The summed E-state index contributed by atoms with van der Waals surface area (Å²) in [6.45, 7) is 0.939. The van der Waals surface area contributed by atoms with Gasteiger partial charge in [-0.15, -0.1) is 0 Å². The minimum atomic E-state index is -0.225.